The Morgan fingerprint density at radius 1 is 1.12 bits per heavy atom. The molecular formula is C16H15ClN2O5S. The van der Waals surface area contributed by atoms with Crippen molar-refractivity contribution >= 4 is 39.2 Å². The molecule has 2 N–H and O–H groups in total. The lowest BCUT2D eigenvalue weighted by atomic mass is 10.2. The van der Waals surface area contributed by atoms with Crippen LogP contribution in [0.4, 0.5) is 5.69 Å². The number of halogens is 1. The molecular weight excluding hydrogens is 368 g/mol. The fraction of sp³-hybridized carbons (Fsp3) is 0.125. The summed E-state index contributed by atoms with van der Waals surface area (Å²) in [7, 11) is -2.41. The van der Waals surface area contributed by atoms with Crippen molar-refractivity contribution < 1.29 is 22.7 Å². The molecule has 0 aromatic heterocycles. The number of anilines is 1. The van der Waals surface area contributed by atoms with E-state index in [0.717, 1.165) is 0 Å². The van der Waals surface area contributed by atoms with E-state index in [1.54, 1.807) is 24.3 Å². The molecule has 25 heavy (non-hydrogen) atoms. The zero-order chi connectivity index (χ0) is 18.4. The first-order chi connectivity index (χ1) is 11.8. The summed E-state index contributed by atoms with van der Waals surface area (Å²) in [5, 5.41) is 3.07. The Kier molecular flexibility index (Phi) is 6.13. The van der Waals surface area contributed by atoms with Crippen LogP contribution in [0.5, 0.6) is 0 Å². The zero-order valence-electron chi connectivity index (χ0n) is 13.2. The van der Waals surface area contributed by atoms with Gasteiger partial charge in [0.1, 0.15) is 0 Å². The predicted octanol–water partition coefficient (Wildman–Crippen LogP) is 2.04. The fourth-order valence-corrected chi connectivity index (χ4v) is 2.75. The molecule has 0 atom stereocenters. The minimum atomic E-state index is -3.68. The van der Waals surface area contributed by atoms with Gasteiger partial charge in [-0.05, 0) is 49.5 Å². The van der Waals surface area contributed by atoms with Crippen LogP contribution in [0.15, 0.2) is 53.4 Å². The number of rotatable bonds is 6. The highest BCUT2D eigenvalue weighted by Gasteiger charge is 2.16. The molecule has 9 heteroatoms. The van der Waals surface area contributed by atoms with Crippen LogP contribution in [0, 0.1) is 0 Å². The molecule has 0 unspecified atom stereocenters. The van der Waals surface area contributed by atoms with Crippen molar-refractivity contribution in [3.63, 3.8) is 0 Å². The molecule has 132 valence electrons. The minimum absolute atomic E-state index is 0.0237. The third-order valence-corrected chi connectivity index (χ3v) is 4.78. The molecule has 0 bridgehead atoms. The predicted molar refractivity (Wildman–Crippen MR) is 93.1 cm³/mol. The highest BCUT2D eigenvalue weighted by atomic mass is 35.5. The van der Waals surface area contributed by atoms with E-state index in [4.69, 9.17) is 16.3 Å². The summed E-state index contributed by atoms with van der Waals surface area (Å²) in [4.78, 5) is 23.7. The van der Waals surface area contributed by atoms with Crippen LogP contribution in [0.1, 0.15) is 10.4 Å². The number of carbonyl (C=O) groups is 2. The Morgan fingerprint density at radius 2 is 1.80 bits per heavy atom. The average molecular weight is 383 g/mol. The quantitative estimate of drug-likeness (QED) is 0.744. The number of amides is 1. The van der Waals surface area contributed by atoms with Crippen LogP contribution in [-0.4, -0.2) is 33.9 Å². The van der Waals surface area contributed by atoms with Gasteiger partial charge in [0.25, 0.3) is 5.91 Å². The lowest BCUT2D eigenvalue weighted by Crippen LogP contribution is -2.21. The maximum Gasteiger partial charge on any atom is 0.338 e. The number of hydrogen-bond donors (Lipinski definition) is 2. The molecule has 0 aliphatic rings. The van der Waals surface area contributed by atoms with Crippen LogP contribution in [0.3, 0.4) is 0 Å². The van der Waals surface area contributed by atoms with Crippen LogP contribution in [0.2, 0.25) is 5.02 Å². The molecule has 2 rings (SSSR count). The van der Waals surface area contributed by atoms with E-state index in [2.05, 4.69) is 10.0 Å². The molecule has 0 saturated heterocycles. The summed E-state index contributed by atoms with van der Waals surface area (Å²) in [5.74, 6) is -1.34. The summed E-state index contributed by atoms with van der Waals surface area (Å²) >= 11 is 5.74. The molecule has 0 spiro atoms. The number of ether oxygens (including phenoxy) is 1. The van der Waals surface area contributed by atoms with Crippen LogP contribution in [-0.2, 0) is 19.6 Å². The minimum Gasteiger partial charge on any atom is -0.452 e. The molecule has 0 aliphatic heterocycles. The summed E-state index contributed by atoms with van der Waals surface area (Å²) in [6.07, 6.45) is 0. The molecule has 1 amide bonds. The third kappa shape index (κ3) is 5.28. The normalized spacial score (nSPS) is 11.0. The van der Waals surface area contributed by atoms with E-state index in [1.165, 1.54) is 31.3 Å². The Morgan fingerprint density at radius 3 is 2.44 bits per heavy atom. The van der Waals surface area contributed by atoms with Crippen molar-refractivity contribution in [3.8, 4) is 0 Å². The van der Waals surface area contributed by atoms with Crippen molar-refractivity contribution in [3.05, 3.63) is 59.1 Å². The number of benzene rings is 2. The number of nitrogens with one attached hydrogen (secondary N) is 2. The monoisotopic (exact) mass is 382 g/mol. The van der Waals surface area contributed by atoms with Gasteiger partial charge in [0.2, 0.25) is 10.0 Å². The second kappa shape index (κ2) is 8.11. The van der Waals surface area contributed by atoms with E-state index in [0.29, 0.717) is 10.7 Å². The Hall–Kier alpha value is -2.42. The van der Waals surface area contributed by atoms with Crippen LogP contribution >= 0.6 is 11.6 Å². The topological polar surface area (TPSA) is 102 Å². The molecule has 7 nitrogen and oxygen atoms in total. The van der Waals surface area contributed by atoms with Crippen molar-refractivity contribution in [1.29, 1.82) is 0 Å². The van der Waals surface area contributed by atoms with Gasteiger partial charge in [-0.15, -0.1) is 0 Å². The van der Waals surface area contributed by atoms with Gasteiger partial charge in [0.05, 0.1) is 10.5 Å². The van der Waals surface area contributed by atoms with Crippen LogP contribution in [0.25, 0.3) is 0 Å². The van der Waals surface area contributed by atoms with Crippen LogP contribution < -0.4 is 10.0 Å². The second-order valence-corrected chi connectivity index (χ2v) is 7.19. The SMILES string of the molecule is CNS(=O)(=O)c1cccc(C(=O)OCC(=O)Nc2ccc(Cl)cc2)c1. The first-order valence-electron chi connectivity index (χ1n) is 7.08. The fourth-order valence-electron chi connectivity index (χ4n) is 1.85. The lowest BCUT2D eigenvalue weighted by Gasteiger charge is -2.08. The zero-order valence-corrected chi connectivity index (χ0v) is 14.7. The van der Waals surface area contributed by atoms with E-state index in [1.807, 2.05) is 0 Å². The van der Waals surface area contributed by atoms with Gasteiger partial charge in [-0.3, -0.25) is 4.79 Å². The maximum absolute atomic E-state index is 12.0. The standard InChI is InChI=1S/C16H15ClN2O5S/c1-18-25(22,23)14-4-2-3-11(9-14)16(21)24-10-15(20)19-13-7-5-12(17)6-8-13/h2-9,18H,10H2,1H3,(H,19,20). The van der Waals surface area contributed by atoms with Gasteiger partial charge >= 0.3 is 5.97 Å². The first kappa shape index (κ1) is 18.9. The van der Waals surface area contributed by atoms with E-state index in [-0.39, 0.29) is 10.5 Å². The number of esters is 1. The second-order valence-electron chi connectivity index (χ2n) is 4.87. The number of sulfonamides is 1. The highest BCUT2D eigenvalue weighted by Crippen LogP contribution is 2.14. The van der Waals surface area contributed by atoms with Crippen molar-refractivity contribution in [1.82, 2.24) is 4.72 Å². The molecule has 2 aromatic rings. The van der Waals surface area contributed by atoms with E-state index in [9.17, 15) is 18.0 Å². The third-order valence-electron chi connectivity index (χ3n) is 3.11. The Labute approximate surface area is 150 Å². The molecule has 0 heterocycles. The average Bonchev–Trinajstić information content (AvgIpc) is 2.61. The van der Waals surface area contributed by atoms with Crippen molar-refractivity contribution in [2.75, 3.05) is 19.0 Å². The Bertz CT molecular complexity index is 882. The molecule has 2 aromatic carbocycles. The van der Waals surface area contributed by atoms with Crippen molar-refractivity contribution in [2.24, 2.45) is 0 Å². The van der Waals surface area contributed by atoms with Gasteiger partial charge in [0, 0.05) is 10.7 Å². The highest BCUT2D eigenvalue weighted by molar-refractivity contribution is 7.89. The summed E-state index contributed by atoms with van der Waals surface area (Å²) < 4.78 is 30.5. The summed E-state index contributed by atoms with van der Waals surface area (Å²) in [5.41, 5.74) is 0.531. The smallest absolute Gasteiger partial charge is 0.338 e. The molecule has 0 radical (unpaired) electrons. The van der Waals surface area contributed by atoms with E-state index >= 15 is 0 Å². The molecule has 0 fully saturated rings. The van der Waals surface area contributed by atoms with Gasteiger partial charge in [-0.1, -0.05) is 17.7 Å². The van der Waals surface area contributed by atoms with Gasteiger partial charge < -0.3 is 10.1 Å². The summed E-state index contributed by atoms with van der Waals surface area (Å²) in [6.45, 7) is -0.509. The lowest BCUT2D eigenvalue weighted by molar-refractivity contribution is -0.119. The largest absolute Gasteiger partial charge is 0.452 e. The number of hydrogen-bond acceptors (Lipinski definition) is 5. The van der Waals surface area contributed by atoms with Gasteiger partial charge in [-0.2, -0.15) is 0 Å². The summed E-state index contributed by atoms with van der Waals surface area (Å²) in [6, 6.07) is 11.7. The first-order valence-corrected chi connectivity index (χ1v) is 8.94. The molecule has 0 aliphatic carbocycles. The van der Waals surface area contributed by atoms with Gasteiger partial charge in [0.15, 0.2) is 6.61 Å². The Balaban J connectivity index is 1.97. The maximum atomic E-state index is 12.0. The number of carbonyl (C=O) groups excluding carboxylic acids is 2. The molecule has 0 saturated carbocycles. The van der Waals surface area contributed by atoms with Crippen molar-refractivity contribution in [2.45, 2.75) is 4.90 Å². The van der Waals surface area contributed by atoms with E-state index < -0.39 is 28.5 Å². The van der Waals surface area contributed by atoms with Gasteiger partial charge in [-0.25, -0.2) is 17.9 Å².